The number of ether oxygens (including phenoxy) is 1. The van der Waals surface area contributed by atoms with E-state index in [1.54, 1.807) is 12.1 Å². The van der Waals surface area contributed by atoms with Gasteiger partial charge in [0.05, 0.1) is 6.07 Å². The summed E-state index contributed by atoms with van der Waals surface area (Å²) in [6, 6.07) is 7.13. The fraction of sp³-hybridized carbons (Fsp3) is 0.562. The number of nitriles is 1. The van der Waals surface area contributed by atoms with Gasteiger partial charge in [-0.3, -0.25) is 5.32 Å². The topological polar surface area (TPSA) is 45.0 Å². The standard InChI is InChI=1S/C16H21FN2O/c1-3-8-19-16(10-18,13-5-6-13)11-20-15-9-12(2)4-7-14(15)17/h4,7,9,13,19H,3,5-6,8,11H2,1-2H3. The van der Waals surface area contributed by atoms with Crippen molar-refractivity contribution in [1.29, 1.82) is 5.26 Å². The van der Waals surface area contributed by atoms with Crippen molar-refractivity contribution in [2.24, 2.45) is 5.92 Å². The van der Waals surface area contributed by atoms with Gasteiger partial charge >= 0.3 is 0 Å². The van der Waals surface area contributed by atoms with Crippen LogP contribution in [0.4, 0.5) is 4.39 Å². The van der Waals surface area contributed by atoms with Crippen molar-refractivity contribution in [2.45, 2.75) is 38.6 Å². The molecule has 1 aromatic rings. The summed E-state index contributed by atoms with van der Waals surface area (Å²) in [7, 11) is 0. The molecular formula is C16H21FN2O. The van der Waals surface area contributed by atoms with E-state index in [2.05, 4.69) is 18.3 Å². The first-order valence-electron chi connectivity index (χ1n) is 7.16. The van der Waals surface area contributed by atoms with Crippen LogP contribution < -0.4 is 10.1 Å². The lowest BCUT2D eigenvalue weighted by molar-refractivity contribution is 0.196. The zero-order valence-electron chi connectivity index (χ0n) is 12.1. The van der Waals surface area contributed by atoms with Crippen LogP contribution in [0.25, 0.3) is 0 Å². The van der Waals surface area contributed by atoms with Gasteiger partial charge < -0.3 is 4.74 Å². The summed E-state index contributed by atoms with van der Waals surface area (Å²) in [5.74, 6) is 0.157. The van der Waals surface area contributed by atoms with E-state index < -0.39 is 5.54 Å². The van der Waals surface area contributed by atoms with E-state index in [0.717, 1.165) is 31.4 Å². The first kappa shape index (κ1) is 14.8. The van der Waals surface area contributed by atoms with Crippen LogP contribution in [0.2, 0.25) is 0 Å². The number of hydrogen-bond donors (Lipinski definition) is 1. The predicted octanol–water partition coefficient (Wildman–Crippen LogP) is 3.18. The number of hydrogen-bond acceptors (Lipinski definition) is 3. The van der Waals surface area contributed by atoms with Crippen LogP contribution >= 0.6 is 0 Å². The summed E-state index contributed by atoms with van der Waals surface area (Å²) < 4.78 is 19.3. The fourth-order valence-corrected chi connectivity index (χ4v) is 2.31. The number of rotatable bonds is 7. The second kappa shape index (κ2) is 6.23. The van der Waals surface area contributed by atoms with Gasteiger partial charge in [-0.25, -0.2) is 4.39 Å². The Bertz CT molecular complexity index is 508. The Balaban J connectivity index is 2.08. The molecule has 0 spiro atoms. The second-order valence-corrected chi connectivity index (χ2v) is 5.51. The summed E-state index contributed by atoms with van der Waals surface area (Å²) in [5.41, 5.74) is 0.253. The van der Waals surface area contributed by atoms with E-state index in [0.29, 0.717) is 5.92 Å². The Labute approximate surface area is 119 Å². The molecule has 1 atom stereocenters. The van der Waals surface area contributed by atoms with Crippen LogP contribution in [-0.2, 0) is 0 Å². The van der Waals surface area contributed by atoms with Gasteiger partial charge in [0, 0.05) is 0 Å². The number of benzene rings is 1. The molecule has 0 aliphatic heterocycles. The highest BCUT2D eigenvalue weighted by Crippen LogP contribution is 2.40. The molecule has 1 saturated carbocycles. The second-order valence-electron chi connectivity index (χ2n) is 5.51. The van der Waals surface area contributed by atoms with Gasteiger partial charge in [-0.05, 0) is 56.3 Å². The van der Waals surface area contributed by atoms with Crippen LogP contribution in [0, 0.1) is 30.0 Å². The minimum atomic E-state index is -0.688. The van der Waals surface area contributed by atoms with Gasteiger partial charge in [0.2, 0.25) is 0 Å². The molecule has 2 rings (SSSR count). The van der Waals surface area contributed by atoms with Crippen LogP contribution in [0.1, 0.15) is 31.7 Å². The predicted molar refractivity (Wildman–Crippen MR) is 76.0 cm³/mol. The third-order valence-corrected chi connectivity index (χ3v) is 3.71. The molecular weight excluding hydrogens is 255 g/mol. The zero-order valence-corrected chi connectivity index (χ0v) is 12.1. The molecule has 1 aliphatic carbocycles. The minimum absolute atomic E-state index is 0.189. The van der Waals surface area contributed by atoms with Crippen LogP contribution in [0.3, 0.4) is 0 Å². The van der Waals surface area contributed by atoms with Crippen molar-refractivity contribution in [3.8, 4) is 11.8 Å². The van der Waals surface area contributed by atoms with E-state index in [-0.39, 0.29) is 18.2 Å². The molecule has 1 aliphatic rings. The molecule has 108 valence electrons. The smallest absolute Gasteiger partial charge is 0.165 e. The highest BCUT2D eigenvalue weighted by Gasteiger charge is 2.46. The molecule has 0 bridgehead atoms. The monoisotopic (exact) mass is 276 g/mol. The Morgan fingerprint density at radius 2 is 2.25 bits per heavy atom. The number of halogens is 1. The SMILES string of the molecule is CCCNC(C#N)(COc1cc(C)ccc1F)C1CC1. The van der Waals surface area contributed by atoms with Crippen LogP contribution in [-0.4, -0.2) is 18.7 Å². The zero-order chi connectivity index (χ0) is 14.6. The highest BCUT2D eigenvalue weighted by molar-refractivity contribution is 5.30. The molecule has 0 saturated heterocycles. The Morgan fingerprint density at radius 1 is 1.50 bits per heavy atom. The van der Waals surface area contributed by atoms with Crippen LogP contribution in [0.5, 0.6) is 5.75 Å². The summed E-state index contributed by atoms with van der Waals surface area (Å²) in [5, 5.41) is 12.8. The largest absolute Gasteiger partial charge is 0.487 e. The molecule has 1 fully saturated rings. The summed E-state index contributed by atoms with van der Waals surface area (Å²) in [6.45, 7) is 4.90. The Kier molecular flexibility index (Phi) is 4.61. The third kappa shape index (κ3) is 3.29. The fourth-order valence-electron chi connectivity index (χ4n) is 2.31. The molecule has 3 nitrogen and oxygen atoms in total. The normalized spacial score (nSPS) is 17.3. The Hall–Kier alpha value is -1.60. The van der Waals surface area contributed by atoms with Crippen molar-refractivity contribution in [2.75, 3.05) is 13.2 Å². The molecule has 0 heterocycles. The number of nitrogens with one attached hydrogen (secondary N) is 1. The molecule has 0 aromatic heterocycles. The molecule has 1 unspecified atom stereocenters. The third-order valence-electron chi connectivity index (χ3n) is 3.71. The molecule has 0 amide bonds. The lowest BCUT2D eigenvalue weighted by Crippen LogP contribution is -2.51. The van der Waals surface area contributed by atoms with E-state index >= 15 is 0 Å². The van der Waals surface area contributed by atoms with Gasteiger partial charge in [-0.15, -0.1) is 0 Å². The van der Waals surface area contributed by atoms with Crippen molar-refractivity contribution in [1.82, 2.24) is 5.32 Å². The average molecular weight is 276 g/mol. The summed E-state index contributed by atoms with van der Waals surface area (Å²) >= 11 is 0. The van der Waals surface area contributed by atoms with Crippen LogP contribution in [0.15, 0.2) is 18.2 Å². The number of nitrogens with zero attached hydrogens (tertiary/aromatic N) is 1. The maximum absolute atomic E-state index is 13.7. The minimum Gasteiger partial charge on any atom is -0.487 e. The molecule has 4 heteroatoms. The maximum atomic E-state index is 13.7. The van der Waals surface area contributed by atoms with Gasteiger partial charge in [0.1, 0.15) is 12.1 Å². The quantitative estimate of drug-likeness (QED) is 0.832. The van der Waals surface area contributed by atoms with E-state index in [1.165, 1.54) is 6.07 Å². The summed E-state index contributed by atoms with van der Waals surface area (Å²) in [4.78, 5) is 0. The number of aryl methyl sites for hydroxylation is 1. The van der Waals surface area contributed by atoms with E-state index in [4.69, 9.17) is 4.74 Å². The first-order chi connectivity index (χ1) is 9.61. The van der Waals surface area contributed by atoms with E-state index in [1.807, 2.05) is 6.92 Å². The molecule has 1 N–H and O–H groups in total. The average Bonchev–Trinajstić information content (AvgIpc) is 3.28. The first-order valence-corrected chi connectivity index (χ1v) is 7.16. The lowest BCUT2D eigenvalue weighted by Gasteiger charge is -2.28. The van der Waals surface area contributed by atoms with Crippen molar-refractivity contribution >= 4 is 0 Å². The van der Waals surface area contributed by atoms with Crippen molar-refractivity contribution < 1.29 is 9.13 Å². The van der Waals surface area contributed by atoms with Gasteiger partial charge in [-0.1, -0.05) is 13.0 Å². The Morgan fingerprint density at radius 3 is 2.85 bits per heavy atom. The highest BCUT2D eigenvalue weighted by atomic mass is 19.1. The van der Waals surface area contributed by atoms with Gasteiger partial charge in [0.25, 0.3) is 0 Å². The maximum Gasteiger partial charge on any atom is 0.165 e. The van der Waals surface area contributed by atoms with E-state index in [9.17, 15) is 9.65 Å². The van der Waals surface area contributed by atoms with Gasteiger partial charge in [0.15, 0.2) is 11.6 Å². The van der Waals surface area contributed by atoms with Crippen molar-refractivity contribution in [3.05, 3.63) is 29.6 Å². The molecule has 0 radical (unpaired) electrons. The van der Waals surface area contributed by atoms with Crippen molar-refractivity contribution in [3.63, 3.8) is 0 Å². The molecule has 20 heavy (non-hydrogen) atoms. The summed E-state index contributed by atoms with van der Waals surface area (Å²) in [6.07, 6.45) is 3.02. The lowest BCUT2D eigenvalue weighted by atomic mass is 9.96. The molecule has 1 aromatic carbocycles. The van der Waals surface area contributed by atoms with Gasteiger partial charge in [-0.2, -0.15) is 5.26 Å².